The summed E-state index contributed by atoms with van der Waals surface area (Å²) in [6, 6.07) is 10.1. The molecule has 0 fully saturated rings. The minimum absolute atomic E-state index is 0.0619. The highest BCUT2D eigenvalue weighted by Crippen LogP contribution is 2.15. The van der Waals surface area contributed by atoms with Crippen LogP contribution in [0.25, 0.3) is 0 Å². The second-order valence-corrected chi connectivity index (χ2v) is 5.66. The van der Waals surface area contributed by atoms with Crippen LogP contribution in [0, 0.1) is 11.8 Å². The van der Waals surface area contributed by atoms with Crippen LogP contribution in [0.3, 0.4) is 0 Å². The standard InChI is InChI=1S/C19H28O4/c1-15(10-11-16(2)19(20)22-4)18(21-3)12-13-23-14-17-8-6-5-7-9-17/h5-11,15-16,18H,12-14H2,1-4H3/b11-10+/t15-,16+,18+/m0/s1. The number of hydrogen-bond donors (Lipinski definition) is 0. The first kappa shape index (κ1) is 19.4. The lowest BCUT2D eigenvalue weighted by molar-refractivity contribution is -0.143. The maximum Gasteiger partial charge on any atom is 0.312 e. The van der Waals surface area contributed by atoms with Crippen molar-refractivity contribution in [2.75, 3.05) is 20.8 Å². The highest BCUT2D eigenvalue weighted by molar-refractivity contribution is 5.73. The Kier molecular flexibility index (Phi) is 9.25. The first-order valence-electron chi connectivity index (χ1n) is 7.99. The number of benzene rings is 1. The van der Waals surface area contributed by atoms with E-state index in [1.807, 2.05) is 49.4 Å². The molecule has 128 valence electrons. The molecule has 3 atom stereocenters. The van der Waals surface area contributed by atoms with Crippen molar-refractivity contribution in [1.29, 1.82) is 0 Å². The summed E-state index contributed by atoms with van der Waals surface area (Å²) < 4.78 is 16.0. The molecule has 0 spiro atoms. The van der Waals surface area contributed by atoms with Crippen LogP contribution in [-0.2, 0) is 25.6 Å². The lowest BCUT2D eigenvalue weighted by atomic mass is 9.99. The maximum atomic E-state index is 11.4. The van der Waals surface area contributed by atoms with Crippen molar-refractivity contribution in [1.82, 2.24) is 0 Å². The first-order valence-corrected chi connectivity index (χ1v) is 7.99. The smallest absolute Gasteiger partial charge is 0.312 e. The highest BCUT2D eigenvalue weighted by Gasteiger charge is 2.15. The van der Waals surface area contributed by atoms with Gasteiger partial charge in [0.1, 0.15) is 0 Å². The molecular formula is C19H28O4. The molecule has 4 heteroatoms. The third kappa shape index (κ3) is 7.44. The van der Waals surface area contributed by atoms with Gasteiger partial charge in [-0.05, 0) is 18.9 Å². The molecule has 23 heavy (non-hydrogen) atoms. The van der Waals surface area contributed by atoms with E-state index < -0.39 is 0 Å². The molecule has 0 radical (unpaired) electrons. The molecule has 0 aliphatic rings. The Bertz CT molecular complexity index is 470. The Morgan fingerprint density at radius 1 is 1.13 bits per heavy atom. The molecule has 0 saturated carbocycles. The molecule has 0 aliphatic carbocycles. The molecule has 0 saturated heterocycles. The largest absolute Gasteiger partial charge is 0.469 e. The number of ether oxygens (including phenoxy) is 3. The lowest BCUT2D eigenvalue weighted by Crippen LogP contribution is -2.21. The van der Waals surface area contributed by atoms with E-state index in [1.165, 1.54) is 12.7 Å². The van der Waals surface area contributed by atoms with Crippen molar-refractivity contribution in [2.24, 2.45) is 11.8 Å². The van der Waals surface area contributed by atoms with E-state index >= 15 is 0 Å². The van der Waals surface area contributed by atoms with Gasteiger partial charge in [0, 0.05) is 19.6 Å². The molecule has 1 rings (SSSR count). The average molecular weight is 320 g/mol. The second kappa shape index (κ2) is 11.0. The van der Waals surface area contributed by atoms with E-state index in [1.54, 1.807) is 7.11 Å². The summed E-state index contributed by atoms with van der Waals surface area (Å²) in [6.45, 7) is 5.14. The van der Waals surface area contributed by atoms with Gasteiger partial charge in [0.25, 0.3) is 0 Å². The van der Waals surface area contributed by atoms with E-state index in [0.717, 1.165) is 6.42 Å². The topological polar surface area (TPSA) is 44.8 Å². The zero-order chi connectivity index (χ0) is 17.1. The molecule has 0 aliphatic heterocycles. The third-order valence-electron chi connectivity index (χ3n) is 3.82. The highest BCUT2D eigenvalue weighted by atomic mass is 16.5. The third-order valence-corrected chi connectivity index (χ3v) is 3.82. The molecule has 0 heterocycles. The quantitative estimate of drug-likeness (QED) is 0.375. The van der Waals surface area contributed by atoms with Gasteiger partial charge in [-0.3, -0.25) is 4.79 Å². The molecule has 1 aromatic rings. The molecule has 1 aromatic carbocycles. The molecule has 0 unspecified atom stereocenters. The zero-order valence-electron chi connectivity index (χ0n) is 14.5. The van der Waals surface area contributed by atoms with Gasteiger partial charge in [0.2, 0.25) is 0 Å². The van der Waals surface area contributed by atoms with Gasteiger partial charge in [-0.15, -0.1) is 0 Å². The van der Waals surface area contributed by atoms with Crippen molar-refractivity contribution in [3.63, 3.8) is 0 Å². The van der Waals surface area contributed by atoms with Crippen LogP contribution in [0.4, 0.5) is 0 Å². The van der Waals surface area contributed by atoms with Gasteiger partial charge < -0.3 is 14.2 Å². The molecule has 0 amide bonds. The number of esters is 1. The van der Waals surface area contributed by atoms with Crippen LogP contribution >= 0.6 is 0 Å². The first-order chi connectivity index (χ1) is 11.1. The molecular weight excluding hydrogens is 292 g/mol. The Labute approximate surface area is 139 Å². The lowest BCUT2D eigenvalue weighted by Gasteiger charge is -2.20. The summed E-state index contributed by atoms with van der Waals surface area (Å²) in [5, 5.41) is 0. The molecule has 0 bridgehead atoms. The van der Waals surface area contributed by atoms with Crippen molar-refractivity contribution >= 4 is 5.97 Å². The monoisotopic (exact) mass is 320 g/mol. The van der Waals surface area contributed by atoms with Crippen LogP contribution in [0.1, 0.15) is 25.8 Å². The van der Waals surface area contributed by atoms with Gasteiger partial charge in [0.15, 0.2) is 0 Å². The zero-order valence-corrected chi connectivity index (χ0v) is 14.5. The SMILES string of the molecule is COC(=O)[C@H](C)/C=C/[C@H](C)[C@@H](CCOCc1ccccc1)OC. The Balaban J connectivity index is 2.34. The van der Waals surface area contributed by atoms with Crippen molar-refractivity contribution in [3.05, 3.63) is 48.0 Å². The van der Waals surface area contributed by atoms with E-state index in [4.69, 9.17) is 14.2 Å². The van der Waals surface area contributed by atoms with Gasteiger partial charge >= 0.3 is 5.97 Å². The van der Waals surface area contributed by atoms with Gasteiger partial charge in [-0.25, -0.2) is 0 Å². The van der Waals surface area contributed by atoms with Crippen LogP contribution in [0.15, 0.2) is 42.5 Å². The predicted octanol–water partition coefficient (Wildman–Crippen LogP) is 3.61. The normalized spacial score (nSPS) is 15.3. The predicted molar refractivity (Wildman–Crippen MR) is 91.0 cm³/mol. The van der Waals surface area contributed by atoms with Crippen molar-refractivity contribution in [2.45, 2.75) is 33.0 Å². The number of carbonyl (C=O) groups excluding carboxylic acids is 1. The molecule has 4 nitrogen and oxygen atoms in total. The summed E-state index contributed by atoms with van der Waals surface area (Å²) in [5.41, 5.74) is 1.17. The summed E-state index contributed by atoms with van der Waals surface area (Å²) in [7, 11) is 3.11. The van der Waals surface area contributed by atoms with E-state index in [-0.39, 0.29) is 23.9 Å². The van der Waals surface area contributed by atoms with Gasteiger partial charge in [-0.2, -0.15) is 0 Å². The Morgan fingerprint density at radius 3 is 2.43 bits per heavy atom. The number of carbonyl (C=O) groups is 1. The van der Waals surface area contributed by atoms with Gasteiger partial charge in [0.05, 0.1) is 25.7 Å². The summed E-state index contributed by atoms with van der Waals surface area (Å²) in [6.07, 6.45) is 4.74. The van der Waals surface area contributed by atoms with Gasteiger partial charge in [-0.1, -0.05) is 49.4 Å². The fourth-order valence-corrected chi connectivity index (χ4v) is 2.29. The fourth-order valence-electron chi connectivity index (χ4n) is 2.29. The number of rotatable bonds is 10. The average Bonchev–Trinajstić information content (AvgIpc) is 2.59. The van der Waals surface area contributed by atoms with E-state index in [0.29, 0.717) is 13.2 Å². The van der Waals surface area contributed by atoms with Crippen molar-refractivity contribution in [3.8, 4) is 0 Å². The van der Waals surface area contributed by atoms with Crippen LogP contribution in [0.5, 0.6) is 0 Å². The Hall–Kier alpha value is -1.65. The summed E-state index contributed by atoms with van der Waals surface area (Å²) in [5.74, 6) is -0.268. The van der Waals surface area contributed by atoms with Crippen LogP contribution < -0.4 is 0 Å². The second-order valence-electron chi connectivity index (χ2n) is 5.66. The fraction of sp³-hybridized carbons (Fsp3) is 0.526. The Morgan fingerprint density at radius 2 is 1.83 bits per heavy atom. The van der Waals surface area contributed by atoms with E-state index in [9.17, 15) is 4.79 Å². The minimum atomic E-state index is -0.241. The number of hydrogen-bond acceptors (Lipinski definition) is 4. The summed E-state index contributed by atoms with van der Waals surface area (Å²) in [4.78, 5) is 11.4. The minimum Gasteiger partial charge on any atom is -0.469 e. The van der Waals surface area contributed by atoms with Crippen LogP contribution in [-0.4, -0.2) is 32.9 Å². The summed E-state index contributed by atoms with van der Waals surface area (Å²) >= 11 is 0. The van der Waals surface area contributed by atoms with Crippen LogP contribution in [0.2, 0.25) is 0 Å². The maximum absolute atomic E-state index is 11.4. The number of methoxy groups -OCH3 is 2. The van der Waals surface area contributed by atoms with E-state index in [2.05, 4.69) is 6.92 Å². The molecule has 0 N–H and O–H groups in total. The van der Waals surface area contributed by atoms with Crippen molar-refractivity contribution < 1.29 is 19.0 Å². The molecule has 0 aromatic heterocycles.